The van der Waals surface area contributed by atoms with Crippen LogP contribution in [0.4, 0.5) is 0 Å². The number of rotatable bonds is 2. The average molecular weight is 472 g/mol. The minimum absolute atomic E-state index is 0.0531. The molecule has 0 aromatic carbocycles. The Morgan fingerprint density at radius 1 is 1.21 bits per heavy atom. The van der Waals surface area contributed by atoms with Crippen molar-refractivity contribution in [2.75, 3.05) is 0 Å². The van der Waals surface area contributed by atoms with E-state index < -0.39 is 11.5 Å². The van der Waals surface area contributed by atoms with Crippen LogP contribution in [0.25, 0.3) is 6.08 Å². The number of nitrogens with zero attached hydrogens (tertiary/aromatic N) is 1. The lowest BCUT2D eigenvalue weighted by Gasteiger charge is -2.44. The van der Waals surface area contributed by atoms with Gasteiger partial charge in [-0.2, -0.15) is 0 Å². The summed E-state index contributed by atoms with van der Waals surface area (Å²) in [6.07, 6.45) is 7.60. The Balaban J connectivity index is 1.91. The van der Waals surface area contributed by atoms with Crippen LogP contribution in [-0.2, 0) is 19.1 Å². The average Bonchev–Trinajstić information content (AvgIpc) is 3.15. The normalized spacial score (nSPS) is 32.8. The molecule has 1 fully saturated rings. The van der Waals surface area contributed by atoms with E-state index >= 15 is 0 Å². The van der Waals surface area contributed by atoms with Gasteiger partial charge in [0.25, 0.3) is 0 Å². The number of ketones is 1. The van der Waals surface area contributed by atoms with Crippen LogP contribution in [0, 0.1) is 18.3 Å². The van der Waals surface area contributed by atoms with Gasteiger partial charge < -0.3 is 9.47 Å². The molecule has 180 valence electrons. The van der Waals surface area contributed by atoms with Gasteiger partial charge in [0.1, 0.15) is 11.9 Å². The monoisotopic (exact) mass is 471 g/mol. The summed E-state index contributed by atoms with van der Waals surface area (Å²) in [5.41, 5.74) is 3.39. The Labute approximate surface area is 202 Å². The number of fused-ring (bicyclic) bond motifs is 2. The van der Waals surface area contributed by atoms with Crippen LogP contribution >= 0.6 is 11.3 Å². The minimum atomic E-state index is -0.749. The van der Waals surface area contributed by atoms with E-state index in [2.05, 4.69) is 24.1 Å². The number of aromatic nitrogens is 1. The molecule has 1 aromatic rings. The maximum absolute atomic E-state index is 13.2. The summed E-state index contributed by atoms with van der Waals surface area (Å²) in [5, 5.41) is 3.01. The highest BCUT2D eigenvalue weighted by molar-refractivity contribution is 7.09. The number of Topliss-reactive ketones (excluding diaryl/α,β-unsaturated/α-hetero) is 1. The van der Waals surface area contributed by atoms with Gasteiger partial charge in [0.05, 0.1) is 34.7 Å². The Hall–Kier alpha value is -2.05. The summed E-state index contributed by atoms with van der Waals surface area (Å²) in [6, 6.07) is 0. The van der Waals surface area contributed by atoms with Crippen molar-refractivity contribution in [1.29, 1.82) is 0 Å². The third-order valence-electron chi connectivity index (χ3n) is 6.90. The fourth-order valence-corrected chi connectivity index (χ4v) is 5.23. The Bertz CT molecular complexity index is 984. The van der Waals surface area contributed by atoms with E-state index in [1.807, 2.05) is 53.0 Å². The Morgan fingerprint density at radius 3 is 2.61 bits per heavy atom. The van der Waals surface area contributed by atoms with E-state index in [1.54, 1.807) is 11.3 Å². The first-order valence-corrected chi connectivity index (χ1v) is 12.7. The van der Waals surface area contributed by atoms with Crippen molar-refractivity contribution >= 4 is 29.2 Å². The van der Waals surface area contributed by atoms with Gasteiger partial charge in [0.2, 0.25) is 0 Å². The predicted octanol–water partition coefficient (Wildman–Crippen LogP) is 6.23. The smallest absolute Gasteiger partial charge is 0.309 e. The van der Waals surface area contributed by atoms with Gasteiger partial charge in [-0.25, -0.2) is 4.98 Å². The second-order valence-corrected chi connectivity index (χ2v) is 11.1. The molecule has 0 aliphatic carbocycles. The molecule has 1 aromatic heterocycles. The summed E-state index contributed by atoms with van der Waals surface area (Å²) >= 11 is 1.60. The van der Waals surface area contributed by atoms with Crippen LogP contribution in [0.1, 0.15) is 77.9 Å². The van der Waals surface area contributed by atoms with Crippen LogP contribution in [0.2, 0.25) is 0 Å². The van der Waals surface area contributed by atoms with Crippen molar-refractivity contribution in [1.82, 2.24) is 4.98 Å². The van der Waals surface area contributed by atoms with Crippen LogP contribution < -0.4 is 0 Å². The van der Waals surface area contributed by atoms with Crippen LogP contribution in [0.3, 0.4) is 0 Å². The number of allylic oxidation sites excluding steroid dienone is 2. The highest BCUT2D eigenvalue weighted by Gasteiger charge is 2.49. The lowest BCUT2D eigenvalue weighted by Crippen LogP contribution is -2.53. The number of carbonyl (C=O) groups is 2. The molecule has 0 N–H and O–H groups in total. The van der Waals surface area contributed by atoms with E-state index in [0.717, 1.165) is 34.7 Å². The maximum Gasteiger partial charge on any atom is 0.309 e. The molecule has 2 aliphatic heterocycles. The van der Waals surface area contributed by atoms with Crippen LogP contribution in [0.15, 0.2) is 34.3 Å². The van der Waals surface area contributed by atoms with Crippen molar-refractivity contribution in [3.63, 3.8) is 0 Å². The van der Waals surface area contributed by atoms with E-state index in [-0.39, 0.29) is 36.3 Å². The molecular weight excluding hydrogens is 434 g/mol. The van der Waals surface area contributed by atoms with E-state index in [1.165, 1.54) is 5.57 Å². The summed E-state index contributed by atoms with van der Waals surface area (Å²) in [7, 11) is 0. The third kappa shape index (κ3) is 6.10. The van der Waals surface area contributed by atoms with Crippen molar-refractivity contribution in [2.24, 2.45) is 11.3 Å². The van der Waals surface area contributed by atoms with Crippen LogP contribution in [-0.4, -0.2) is 35.0 Å². The van der Waals surface area contributed by atoms with Crippen LogP contribution in [0.5, 0.6) is 0 Å². The van der Waals surface area contributed by atoms with Crippen molar-refractivity contribution in [3.05, 3.63) is 45.0 Å². The first-order chi connectivity index (χ1) is 15.5. The van der Waals surface area contributed by atoms with Gasteiger partial charge in [0.15, 0.2) is 0 Å². The lowest BCUT2D eigenvalue weighted by molar-refractivity contribution is -0.174. The molecule has 33 heavy (non-hydrogen) atoms. The molecule has 0 radical (unpaired) electrons. The Morgan fingerprint density at radius 2 is 1.94 bits per heavy atom. The third-order valence-corrected chi connectivity index (χ3v) is 7.69. The number of aryl methyl sites for hydroxylation is 1. The zero-order valence-electron chi connectivity index (χ0n) is 20.9. The van der Waals surface area contributed by atoms with E-state index in [0.29, 0.717) is 6.42 Å². The van der Waals surface area contributed by atoms with E-state index in [4.69, 9.17) is 9.47 Å². The standard InChI is InChI=1S/C27H37NO4S/c1-16-9-8-10-17(2)25-19(4)26(30)27(6,7)23(32-25)14-24(29)31-22(12-11-16)18(3)13-21-15-33-20(5)28-21/h10-11,13,15,19,22-23,25H,8-9,12,14H2,1-7H3/b16-11-,17-10-,18-13-/t19-,22+,23+,25-/m1/s1. The molecule has 3 heterocycles. The molecule has 6 heteroatoms. The number of hydrogen-bond acceptors (Lipinski definition) is 6. The van der Waals surface area contributed by atoms with Crippen molar-refractivity contribution in [3.8, 4) is 0 Å². The zero-order chi connectivity index (χ0) is 24.3. The number of esters is 1. The summed E-state index contributed by atoms with van der Waals surface area (Å²) in [6.45, 7) is 13.8. The zero-order valence-corrected chi connectivity index (χ0v) is 21.8. The molecule has 0 unspecified atom stereocenters. The summed E-state index contributed by atoms with van der Waals surface area (Å²) < 4.78 is 12.4. The quantitative estimate of drug-likeness (QED) is 0.378. The van der Waals surface area contributed by atoms with Gasteiger partial charge in [-0.3, -0.25) is 9.59 Å². The second kappa shape index (κ2) is 10.5. The molecule has 2 bridgehead atoms. The largest absolute Gasteiger partial charge is 0.457 e. The SMILES string of the molecule is C/C1=C/C[C@@H](/C(C)=C\c2csc(C)n2)OC(=O)C[C@@H]2O[C@H](/C(C)=C\CC1)[C@@H](C)C(=O)C2(C)C. The predicted molar refractivity (Wildman–Crippen MR) is 133 cm³/mol. The van der Waals surface area contributed by atoms with Crippen molar-refractivity contribution < 1.29 is 19.1 Å². The van der Waals surface area contributed by atoms with Gasteiger partial charge >= 0.3 is 5.97 Å². The molecule has 0 amide bonds. The molecule has 1 saturated heterocycles. The molecule has 0 spiro atoms. The van der Waals surface area contributed by atoms with Gasteiger partial charge in [0, 0.05) is 17.7 Å². The van der Waals surface area contributed by atoms with Gasteiger partial charge in [-0.1, -0.05) is 38.5 Å². The molecule has 3 rings (SSSR count). The number of ether oxygens (including phenoxy) is 2. The minimum Gasteiger partial charge on any atom is -0.457 e. The molecule has 0 saturated carbocycles. The first-order valence-electron chi connectivity index (χ1n) is 11.8. The lowest BCUT2D eigenvalue weighted by atomic mass is 9.71. The van der Waals surface area contributed by atoms with Gasteiger partial charge in [-0.15, -0.1) is 11.3 Å². The second-order valence-electron chi connectivity index (χ2n) is 10.1. The number of cyclic esters (lactones) is 1. The van der Waals surface area contributed by atoms with E-state index in [9.17, 15) is 9.59 Å². The molecule has 5 nitrogen and oxygen atoms in total. The molecule has 4 atom stereocenters. The molecule has 2 aliphatic rings. The number of hydrogen-bond donors (Lipinski definition) is 0. The first kappa shape index (κ1) is 25.6. The fraction of sp³-hybridized carbons (Fsp3) is 0.593. The topological polar surface area (TPSA) is 65.5 Å². The fourth-order valence-electron chi connectivity index (χ4n) is 4.66. The van der Waals surface area contributed by atoms with Gasteiger partial charge in [-0.05, 0) is 57.8 Å². The highest BCUT2D eigenvalue weighted by Crippen LogP contribution is 2.40. The number of thiazole rings is 1. The Kier molecular flexibility index (Phi) is 8.12. The summed E-state index contributed by atoms with van der Waals surface area (Å²) in [5.74, 6) is -0.447. The maximum atomic E-state index is 13.2. The number of carbonyl (C=O) groups excluding carboxylic acids is 2. The molecular formula is C27H37NO4S. The highest BCUT2D eigenvalue weighted by atomic mass is 32.1. The van der Waals surface area contributed by atoms with Crippen molar-refractivity contribution in [2.45, 2.75) is 92.5 Å². The summed E-state index contributed by atoms with van der Waals surface area (Å²) in [4.78, 5) is 30.8.